The first-order chi connectivity index (χ1) is 6.66. The van der Waals surface area contributed by atoms with Crippen molar-refractivity contribution in [3.63, 3.8) is 0 Å². The molecule has 1 N–H and O–H groups in total. The summed E-state index contributed by atoms with van der Waals surface area (Å²) in [5.74, 6) is 0. The molecule has 0 radical (unpaired) electrons. The van der Waals surface area contributed by atoms with Crippen LogP contribution in [0.3, 0.4) is 0 Å². The van der Waals surface area contributed by atoms with E-state index in [4.69, 9.17) is 0 Å². The summed E-state index contributed by atoms with van der Waals surface area (Å²) in [6.45, 7) is 9.98. The van der Waals surface area contributed by atoms with Gasteiger partial charge in [0.2, 0.25) is 0 Å². The fourth-order valence-electron chi connectivity index (χ4n) is 0.408. The average Bonchev–Trinajstić information content (AvgIpc) is 2.92. The van der Waals surface area contributed by atoms with Crippen LogP contribution in [0.25, 0.3) is 0 Å². The van der Waals surface area contributed by atoms with Crippen molar-refractivity contribution in [3.05, 3.63) is 0 Å². The van der Waals surface area contributed by atoms with Gasteiger partial charge in [0.25, 0.3) is 0 Å². The zero-order chi connectivity index (χ0) is 11.4. The summed E-state index contributed by atoms with van der Waals surface area (Å²) in [5, 5.41) is 2.58. The topological polar surface area (TPSA) is 38.3 Å². The molecule has 0 unspecified atom stereocenters. The maximum Gasteiger partial charge on any atom is 0.407 e. The second-order valence-electron chi connectivity index (χ2n) is 3.08. The fourth-order valence-corrected chi connectivity index (χ4v) is 0.408. The molecule has 1 rings (SSSR count). The smallest absolute Gasteiger partial charge is 0.407 e. The molecule has 14 heavy (non-hydrogen) atoms. The van der Waals surface area contributed by atoms with Crippen LogP contribution in [0.4, 0.5) is 4.79 Å². The number of carbonyl (C=O) groups excluding carboxylic acids is 1. The lowest BCUT2D eigenvalue weighted by Gasteiger charge is -2.06. The van der Waals surface area contributed by atoms with Crippen LogP contribution in [0, 0.1) is 0 Å². The van der Waals surface area contributed by atoms with Crippen molar-refractivity contribution in [3.8, 4) is 0 Å². The molecule has 1 fully saturated rings. The summed E-state index contributed by atoms with van der Waals surface area (Å²) >= 11 is 0. The quantitative estimate of drug-likeness (QED) is 0.747. The molecule has 1 aliphatic carbocycles. The monoisotopic (exact) mass is 203 g/mol. The van der Waals surface area contributed by atoms with E-state index in [1.165, 1.54) is 19.3 Å². The first-order valence-corrected chi connectivity index (χ1v) is 5.60. The number of nitrogens with one attached hydrogen (secondary N) is 1. The Morgan fingerprint density at radius 3 is 1.93 bits per heavy atom. The van der Waals surface area contributed by atoms with Gasteiger partial charge in [0, 0.05) is 6.04 Å². The van der Waals surface area contributed by atoms with Crippen molar-refractivity contribution in [1.29, 1.82) is 0 Å². The van der Waals surface area contributed by atoms with E-state index in [2.05, 4.69) is 10.1 Å². The second-order valence-corrected chi connectivity index (χ2v) is 3.08. The van der Waals surface area contributed by atoms with Crippen molar-refractivity contribution in [2.45, 2.75) is 59.9 Å². The normalized spacial score (nSPS) is 11.6. The number of ether oxygens (including phenoxy) is 1. The van der Waals surface area contributed by atoms with Gasteiger partial charge in [0.1, 0.15) is 0 Å². The zero-order valence-electron chi connectivity index (χ0n) is 10.2. The van der Waals surface area contributed by atoms with Gasteiger partial charge < -0.3 is 10.1 Å². The van der Waals surface area contributed by atoms with E-state index in [0.29, 0.717) is 6.61 Å². The van der Waals surface area contributed by atoms with Crippen LogP contribution >= 0.6 is 0 Å². The van der Waals surface area contributed by atoms with Crippen molar-refractivity contribution in [2.75, 3.05) is 6.61 Å². The minimum atomic E-state index is -0.340. The lowest BCUT2D eigenvalue weighted by atomic mass is 10.4. The van der Waals surface area contributed by atoms with Crippen LogP contribution in [0.2, 0.25) is 0 Å². The highest BCUT2D eigenvalue weighted by Crippen LogP contribution is 2.14. The molecular formula is C11H25NO2. The predicted octanol–water partition coefficient (Wildman–Crippen LogP) is 3.34. The molecule has 0 saturated heterocycles. The average molecular weight is 203 g/mol. The molecule has 0 bridgehead atoms. The summed E-state index contributed by atoms with van der Waals surface area (Å²) in [6, 6.07) is 0.157. The molecule has 0 heterocycles. The largest absolute Gasteiger partial charge is 0.450 e. The molecular weight excluding hydrogens is 178 g/mol. The summed E-state index contributed by atoms with van der Waals surface area (Å²) in [5.41, 5.74) is 0. The molecule has 0 aromatic rings. The Morgan fingerprint density at radius 1 is 1.29 bits per heavy atom. The van der Waals surface area contributed by atoms with Crippen molar-refractivity contribution in [2.24, 2.45) is 0 Å². The van der Waals surface area contributed by atoms with Gasteiger partial charge in [-0.2, -0.15) is 0 Å². The van der Waals surface area contributed by atoms with Gasteiger partial charge in [-0.15, -0.1) is 0 Å². The third kappa shape index (κ3) is 22.5. The third-order valence-corrected chi connectivity index (χ3v) is 1.04. The number of hydrogen-bond donors (Lipinski definition) is 1. The predicted molar refractivity (Wildman–Crippen MR) is 60.5 cm³/mol. The molecule has 0 aromatic carbocycles. The maximum atomic E-state index is 10.5. The minimum absolute atomic E-state index is 0.157. The molecule has 0 aliphatic heterocycles. The number of amides is 1. The van der Waals surface area contributed by atoms with E-state index in [1.54, 1.807) is 6.92 Å². The molecule has 1 amide bonds. The van der Waals surface area contributed by atoms with Crippen molar-refractivity contribution in [1.82, 2.24) is 5.32 Å². The minimum Gasteiger partial charge on any atom is -0.450 e. The van der Waals surface area contributed by atoms with E-state index in [-0.39, 0.29) is 12.1 Å². The number of hydrogen-bond acceptors (Lipinski definition) is 2. The number of carbonyl (C=O) groups is 1. The maximum absolute atomic E-state index is 10.5. The first kappa shape index (κ1) is 15.7. The number of alkyl carbamates (subject to hydrolysis) is 1. The third-order valence-electron chi connectivity index (χ3n) is 1.04. The van der Waals surface area contributed by atoms with Gasteiger partial charge in [0.05, 0.1) is 6.61 Å². The molecule has 0 atom stereocenters. The SMILES string of the molecule is C1CC1.CC.CCOC(=O)NC(C)C. The Morgan fingerprint density at radius 2 is 1.71 bits per heavy atom. The van der Waals surface area contributed by atoms with Crippen LogP contribution < -0.4 is 5.32 Å². The lowest BCUT2D eigenvalue weighted by molar-refractivity contribution is 0.149. The lowest BCUT2D eigenvalue weighted by Crippen LogP contribution is -2.30. The molecule has 3 heteroatoms. The Balaban J connectivity index is 0. The van der Waals surface area contributed by atoms with E-state index in [9.17, 15) is 4.79 Å². The zero-order valence-corrected chi connectivity index (χ0v) is 10.2. The van der Waals surface area contributed by atoms with Gasteiger partial charge in [-0.1, -0.05) is 33.1 Å². The molecule has 3 nitrogen and oxygen atoms in total. The van der Waals surface area contributed by atoms with E-state index in [1.807, 2.05) is 27.7 Å². The van der Waals surface area contributed by atoms with Gasteiger partial charge in [-0.3, -0.25) is 0 Å². The molecule has 0 aromatic heterocycles. The first-order valence-electron chi connectivity index (χ1n) is 5.60. The van der Waals surface area contributed by atoms with E-state index in [0.717, 1.165) is 0 Å². The Kier molecular flexibility index (Phi) is 13.8. The fraction of sp³-hybridized carbons (Fsp3) is 0.909. The van der Waals surface area contributed by atoms with Crippen LogP contribution in [-0.2, 0) is 4.74 Å². The van der Waals surface area contributed by atoms with Crippen LogP contribution in [-0.4, -0.2) is 18.7 Å². The van der Waals surface area contributed by atoms with Crippen LogP contribution in [0.1, 0.15) is 53.9 Å². The van der Waals surface area contributed by atoms with E-state index < -0.39 is 0 Å². The van der Waals surface area contributed by atoms with Gasteiger partial charge in [-0.05, 0) is 20.8 Å². The van der Waals surface area contributed by atoms with Gasteiger partial charge in [0.15, 0.2) is 0 Å². The van der Waals surface area contributed by atoms with E-state index >= 15 is 0 Å². The highest BCUT2D eigenvalue weighted by atomic mass is 16.5. The number of rotatable bonds is 2. The van der Waals surface area contributed by atoms with Gasteiger partial charge in [-0.25, -0.2) is 4.79 Å². The van der Waals surface area contributed by atoms with Crippen LogP contribution in [0.15, 0.2) is 0 Å². The molecule has 1 saturated carbocycles. The Bertz CT molecular complexity index is 120. The summed E-state index contributed by atoms with van der Waals surface area (Å²) in [4.78, 5) is 10.5. The molecule has 0 spiro atoms. The highest BCUT2D eigenvalue weighted by molar-refractivity contribution is 5.67. The summed E-state index contributed by atoms with van der Waals surface area (Å²) in [6.07, 6.45) is 4.16. The Hall–Kier alpha value is -0.730. The molecule has 86 valence electrons. The second kappa shape index (κ2) is 12.3. The summed E-state index contributed by atoms with van der Waals surface area (Å²) < 4.78 is 4.60. The van der Waals surface area contributed by atoms with Crippen molar-refractivity contribution < 1.29 is 9.53 Å². The highest BCUT2D eigenvalue weighted by Gasteiger charge is 1.99. The molecule has 1 aliphatic rings. The van der Waals surface area contributed by atoms with Crippen molar-refractivity contribution >= 4 is 6.09 Å². The summed E-state index contributed by atoms with van der Waals surface area (Å²) in [7, 11) is 0. The Labute approximate surface area is 88.2 Å². The van der Waals surface area contributed by atoms with Gasteiger partial charge >= 0.3 is 6.09 Å². The standard InChI is InChI=1S/C6H13NO2.C3H6.C2H6/c1-4-9-6(8)7-5(2)3;1-2-3-1;1-2/h5H,4H2,1-3H3,(H,7,8);1-3H2;1-2H3. The van der Waals surface area contributed by atoms with Crippen LogP contribution in [0.5, 0.6) is 0 Å².